The van der Waals surface area contributed by atoms with Gasteiger partial charge < -0.3 is 9.84 Å². The second kappa shape index (κ2) is 6.37. The lowest BCUT2D eigenvalue weighted by molar-refractivity contribution is -0.0625. The molecule has 0 amide bonds. The zero-order valence-electron chi connectivity index (χ0n) is 16.8. The molecule has 25 heavy (non-hydrogen) atoms. The van der Waals surface area contributed by atoms with Crippen molar-refractivity contribution in [3.05, 3.63) is 11.6 Å². The van der Waals surface area contributed by atoms with Gasteiger partial charge in [-0.25, -0.2) is 0 Å². The third kappa shape index (κ3) is 2.57. The van der Waals surface area contributed by atoms with Crippen LogP contribution in [0, 0.1) is 40.4 Å². The molecule has 4 aliphatic rings. The van der Waals surface area contributed by atoms with Crippen molar-refractivity contribution in [3.8, 4) is 0 Å². The molecule has 2 nitrogen and oxygen atoms in total. The molecule has 2 heteroatoms. The number of hydrogen-bond acceptors (Lipinski definition) is 2. The number of aliphatic hydroxyl groups excluding tert-OH is 1. The lowest BCUT2D eigenvalue weighted by Gasteiger charge is -2.58. The highest BCUT2D eigenvalue weighted by molar-refractivity contribution is 5.25. The quantitative estimate of drug-likeness (QED) is 0.711. The zero-order valence-corrected chi connectivity index (χ0v) is 16.8. The van der Waals surface area contributed by atoms with Gasteiger partial charge in [-0.2, -0.15) is 0 Å². The molecule has 4 aliphatic carbocycles. The van der Waals surface area contributed by atoms with Crippen molar-refractivity contribution in [2.24, 2.45) is 40.4 Å². The first kappa shape index (κ1) is 18.0. The van der Waals surface area contributed by atoms with Crippen LogP contribution in [0.15, 0.2) is 11.6 Å². The van der Waals surface area contributed by atoms with Crippen LogP contribution in [0.3, 0.4) is 0 Å². The molecule has 0 saturated heterocycles. The first-order valence-electron chi connectivity index (χ1n) is 10.8. The van der Waals surface area contributed by atoms with Gasteiger partial charge in [-0.3, -0.25) is 0 Å². The molecule has 8 atom stereocenters. The molecule has 0 aromatic heterocycles. The van der Waals surface area contributed by atoms with Gasteiger partial charge in [0, 0.05) is 13.7 Å². The lowest BCUT2D eigenvalue weighted by Crippen LogP contribution is -2.51. The smallest absolute Gasteiger partial charge is 0.0608 e. The van der Waals surface area contributed by atoms with E-state index in [-0.39, 0.29) is 0 Å². The fraction of sp³-hybridized carbons (Fsp3) is 0.913. The summed E-state index contributed by atoms with van der Waals surface area (Å²) in [6.07, 6.45) is 13.6. The highest BCUT2D eigenvalue weighted by Gasteiger charge is 2.59. The molecule has 4 rings (SSSR count). The van der Waals surface area contributed by atoms with E-state index in [0.717, 1.165) is 23.7 Å². The maximum absolute atomic E-state index is 9.75. The van der Waals surface area contributed by atoms with E-state index in [1.165, 1.54) is 51.4 Å². The van der Waals surface area contributed by atoms with Gasteiger partial charge in [0.1, 0.15) is 0 Å². The van der Waals surface area contributed by atoms with Crippen LogP contribution in [-0.4, -0.2) is 24.9 Å². The first-order valence-corrected chi connectivity index (χ1v) is 10.8. The molecular formula is C23H38O2. The molecule has 0 aliphatic heterocycles. The Labute approximate surface area is 154 Å². The van der Waals surface area contributed by atoms with Crippen molar-refractivity contribution in [1.29, 1.82) is 0 Å². The largest absolute Gasteiger partial charge is 0.396 e. The van der Waals surface area contributed by atoms with Gasteiger partial charge in [-0.05, 0) is 91.8 Å². The highest BCUT2D eigenvalue weighted by atomic mass is 16.5. The van der Waals surface area contributed by atoms with Crippen LogP contribution in [0.25, 0.3) is 0 Å². The van der Waals surface area contributed by atoms with Crippen LogP contribution >= 0.6 is 0 Å². The maximum atomic E-state index is 9.75. The third-order valence-corrected chi connectivity index (χ3v) is 9.44. The normalized spacial score (nSPS) is 50.4. The van der Waals surface area contributed by atoms with Crippen molar-refractivity contribution >= 4 is 0 Å². The number of rotatable bonds is 3. The van der Waals surface area contributed by atoms with Gasteiger partial charge in [-0.15, -0.1) is 0 Å². The van der Waals surface area contributed by atoms with E-state index in [4.69, 9.17) is 4.74 Å². The van der Waals surface area contributed by atoms with Gasteiger partial charge in [0.15, 0.2) is 0 Å². The SMILES string of the molecule is CO[C@H]1CC[C@@]2(C)C(=CC[C@H]3[C@@H]4CC[C@H]([C@H](C)CO)[C@@]4(C)CC[C@@H]32)C1. The Hall–Kier alpha value is -0.340. The number of hydrogen-bond donors (Lipinski definition) is 1. The van der Waals surface area contributed by atoms with Gasteiger partial charge in [0.05, 0.1) is 6.10 Å². The van der Waals surface area contributed by atoms with E-state index in [2.05, 4.69) is 26.8 Å². The Kier molecular flexibility index (Phi) is 4.60. The van der Waals surface area contributed by atoms with Crippen molar-refractivity contribution in [1.82, 2.24) is 0 Å². The molecular weight excluding hydrogens is 308 g/mol. The summed E-state index contributed by atoms with van der Waals surface area (Å²) in [5.74, 6) is 3.83. The van der Waals surface area contributed by atoms with Crippen molar-refractivity contribution in [2.75, 3.05) is 13.7 Å². The second-order valence-electron chi connectivity index (χ2n) is 10.2. The molecule has 3 saturated carbocycles. The Morgan fingerprint density at radius 3 is 2.68 bits per heavy atom. The average molecular weight is 347 g/mol. The maximum Gasteiger partial charge on any atom is 0.0608 e. The summed E-state index contributed by atoms with van der Waals surface area (Å²) in [6, 6.07) is 0. The minimum absolute atomic E-state index is 0.362. The number of fused-ring (bicyclic) bond motifs is 5. The predicted octanol–water partition coefficient (Wildman–Crippen LogP) is 5.21. The van der Waals surface area contributed by atoms with Crippen molar-refractivity contribution in [3.63, 3.8) is 0 Å². The predicted molar refractivity (Wildman–Crippen MR) is 102 cm³/mol. The summed E-state index contributed by atoms with van der Waals surface area (Å²) < 4.78 is 5.69. The third-order valence-electron chi connectivity index (χ3n) is 9.44. The van der Waals surface area contributed by atoms with Crippen LogP contribution in [0.5, 0.6) is 0 Å². The minimum Gasteiger partial charge on any atom is -0.396 e. The van der Waals surface area contributed by atoms with E-state index >= 15 is 0 Å². The summed E-state index contributed by atoms with van der Waals surface area (Å²) in [7, 11) is 1.88. The minimum atomic E-state index is 0.362. The van der Waals surface area contributed by atoms with Crippen LogP contribution in [0.4, 0.5) is 0 Å². The number of allylic oxidation sites excluding steroid dienone is 1. The Bertz CT molecular complexity index is 540. The van der Waals surface area contributed by atoms with Crippen molar-refractivity contribution in [2.45, 2.75) is 78.2 Å². The fourth-order valence-electron chi connectivity index (χ4n) is 7.93. The summed E-state index contributed by atoms with van der Waals surface area (Å²) in [5, 5.41) is 9.75. The topological polar surface area (TPSA) is 29.5 Å². The monoisotopic (exact) mass is 346 g/mol. The average Bonchev–Trinajstić information content (AvgIpc) is 2.97. The van der Waals surface area contributed by atoms with Crippen molar-refractivity contribution < 1.29 is 9.84 Å². The summed E-state index contributed by atoms with van der Waals surface area (Å²) in [6.45, 7) is 7.78. The second-order valence-corrected chi connectivity index (χ2v) is 10.2. The van der Waals surface area contributed by atoms with Gasteiger partial charge in [0.2, 0.25) is 0 Å². The molecule has 0 bridgehead atoms. The first-order chi connectivity index (χ1) is 11.9. The lowest BCUT2D eigenvalue weighted by atomic mass is 9.47. The Balaban J connectivity index is 1.61. The van der Waals surface area contributed by atoms with Crippen LogP contribution in [-0.2, 0) is 4.74 Å². The highest BCUT2D eigenvalue weighted by Crippen LogP contribution is 2.67. The summed E-state index contributed by atoms with van der Waals surface area (Å²) >= 11 is 0. The fourth-order valence-corrected chi connectivity index (χ4v) is 7.93. The molecule has 3 fully saturated rings. The number of ether oxygens (including phenoxy) is 1. The number of methoxy groups -OCH3 is 1. The van der Waals surface area contributed by atoms with Crippen LogP contribution in [0.1, 0.15) is 72.1 Å². The molecule has 0 spiro atoms. The van der Waals surface area contributed by atoms with Gasteiger partial charge in [-0.1, -0.05) is 32.4 Å². The standard InChI is InChI=1S/C23H38O2/c1-15(14-24)19-7-8-20-18-6-5-16-13-17(25-4)9-11-22(16,2)21(18)10-12-23(19,20)3/h5,15,17-21,24H,6-14H2,1-4H3/t15-,17+,18+,19-,20+,21+,22+,23-/m1/s1. The van der Waals surface area contributed by atoms with E-state index in [0.29, 0.717) is 29.5 Å². The van der Waals surface area contributed by atoms with E-state index in [1.54, 1.807) is 5.57 Å². The van der Waals surface area contributed by atoms with Crippen LogP contribution in [0.2, 0.25) is 0 Å². The van der Waals surface area contributed by atoms with E-state index in [9.17, 15) is 5.11 Å². The van der Waals surface area contributed by atoms with E-state index < -0.39 is 0 Å². The molecule has 0 aromatic rings. The Morgan fingerprint density at radius 2 is 1.96 bits per heavy atom. The summed E-state index contributed by atoms with van der Waals surface area (Å²) in [4.78, 5) is 0. The zero-order chi connectivity index (χ0) is 17.8. The molecule has 0 aromatic carbocycles. The van der Waals surface area contributed by atoms with Gasteiger partial charge in [0.25, 0.3) is 0 Å². The van der Waals surface area contributed by atoms with Crippen LogP contribution < -0.4 is 0 Å². The Morgan fingerprint density at radius 1 is 1.16 bits per heavy atom. The molecule has 0 radical (unpaired) electrons. The molecule has 0 unspecified atom stereocenters. The van der Waals surface area contributed by atoms with Gasteiger partial charge >= 0.3 is 0 Å². The molecule has 1 N–H and O–H groups in total. The number of aliphatic hydroxyl groups is 1. The van der Waals surface area contributed by atoms with E-state index in [1.807, 2.05) is 7.11 Å². The molecule has 0 heterocycles. The molecule has 142 valence electrons. The summed E-state index contributed by atoms with van der Waals surface area (Å²) in [5.41, 5.74) is 2.61.